The molecule has 0 aliphatic carbocycles. The SMILES string of the molecule is O=C(Nc1ccc(Cc2ccc(NC(=O)C(F)(F)F)cc2[N+](=O)[O-])c([N+](=O)[O-])c1)C(F)(F)F. The number of alkyl halides is 6. The minimum absolute atomic E-state index is 0.208. The van der Waals surface area contributed by atoms with Crippen LogP contribution in [0.2, 0.25) is 0 Å². The van der Waals surface area contributed by atoms with Crippen LogP contribution in [0.1, 0.15) is 11.1 Å². The molecule has 176 valence electrons. The third-order valence-corrected chi connectivity index (χ3v) is 3.98. The molecule has 0 aliphatic heterocycles. The largest absolute Gasteiger partial charge is 0.471 e. The summed E-state index contributed by atoms with van der Waals surface area (Å²) in [5.74, 6) is -4.76. The number of hydrogen-bond donors (Lipinski definition) is 2. The first-order chi connectivity index (χ1) is 15.1. The summed E-state index contributed by atoms with van der Waals surface area (Å²) in [6.07, 6.45) is -11.0. The highest BCUT2D eigenvalue weighted by Gasteiger charge is 2.39. The summed E-state index contributed by atoms with van der Waals surface area (Å²) < 4.78 is 74.2. The number of nitro groups is 2. The van der Waals surface area contributed by atoms with Gasteiger partial charge in [0.1, 0.15) is 0 Å². The Kier molecular flexibility index (Phi) is 6.89. The van der Waals surface area contributed by atoms with Crippen LogP contribution in [0.3, 0.4) is 0 Å². The zero-order valence-electron chi connectivity index (χ0n) is 15.8. The maximum Gasteiger partial charge on any atom is 0.471 e. The molecule has 0 spiro atoms. The summed E-state index contributed by atoms with van der Waals surface area (Å²) in [6, 6.07) is 4.93. The van der Waals surface area contributed by atoms with Crippen molar-refractivity contribution in [3.05, 3.63) is 67.8 Å². The number of anilines is 2. The lowest BCUT2D eigenvalue weighted by atomic mass is 10.0. The van der Waals surface area contributed by atoms with E-state index < -0.39 is 63.2 Å². The first-order valence-corrected chi connectivity index (χ1v) is 8.40. The van der Waals surface area contributed by atoms with Gasteiger partial charge in [-0.25, -0.2) is 0 Å². The number of nitrogens with one attached hydrogen (secondary N) is 2. The molecular weight excluding hydrogens is 470 g/mol. The van der Waals surface area contributed by atoms with Gasteiger partial charge in [0.25, 0.3) is 11.4 Å². The zero-order valence-corrected chi connectivity index (χ0v) is 15.8. The molecule has 0 aromatic heterocycles. The van der Waals surface area contributed by atoms with Gasteiger partial charge in [0.2, 0.25) is 0 Å². The van der Waals surface area contributed by atoms with Gasteiger partial charge in [0, 0.05) is 41.1 Å². The molecule has 10 nitrogen and oxygen atoms in total. The highest BCUT2D eigenvalue weighted by atomic mass is 19.4. The summed E-state index contributed by atoms with van der Waals surface area (Å²) in [5.41, 5.74) is -3.10. The van der Waals surface area contributed by atoms with E-state index in [1.165, 1.54) is 10.6 Å². The van der Waals surface area contributed by atoms with Gasteiger partial charge in [0.15, 0.2) is 0 Å². The quantitative estimate of drug-likeness (QED) is 0.362. The molecule has 0 heterocycles. The van der Waals surface area contributed by atoms with Crippen molar-refractivity contribution in [2.24, 2.45) is 0 Å². The fourth-order valence-corrected chi connectivity index (χ4v) is 2.53. The van der Waals surface area contributed by atoms with Crippen LogP contribution in [0.25, 0.3) is 0 Å². The smallest absolute Gasteiger partial charge is 0.318 e. The Bertz CT molecular complexity index is 1040. The first-order valence-electron chi connectivity index (χ1n) is 8.40. The molecule has 0 saturated heterocycles. The number of hydrogen-bond acceptors (Lipinski definition) is 6. The topological polar surface area (TPSA) is 144 Å². The Balaban J connectivity index is 2.39. The Hall–Kier alpha value is -4.24. The second-order valence-electron chi connectivity index (χ2n) is 6.28. The zero-order chi connectivity index (χ0) is 25.1. The van der Waals surface area contributed by atoms with Crippen LogP contribution in [0.5, 0.6) is 0 Å². The highest BCUT2D eigenvalue weighted by Crippen LogP contribution is 2.31. The molecule has 0 unspecified atom stereocenters. The summed E-state index contributed by atoms with van der Waals surface area (Å²) in [5, 5.41) is 25.5. The molecule has 2 aromatic carbocycles. The van der Waals surface area contributed by atoms with Gasteiger partial charge in [0.05, 0.1) is 9.85 Å². The Morgan fingerprint density at radius 2 is 1.06 bits per heavy atom. The standard InChI is InChI=1S/C17H10F6N4O6/c18-16(19,20)14(28)24-10-3-1-8(12(6-10)26(30)31)5-9-2-4-11(7-13(9)27(32)33)25-15(29)17(21,22)23/h1-4,6-7H,5H2,(H,24,28)(H,25,29). The van der Waals surface area contributed by atoms with Crippen molar-refractivity contribution in [3.8, 4) is 0 Å². The first kappa shape index (κ1) is 25.0. The van der Waals surface area contributed by atoms with Crippen molar-refractivity contribution >= 4 is 34.6 Å². The van der Waals surface area contributed by atoms with Gasteiger partial charge in [-0.3, -0.25) is 29.8 Å². The van der Waals surface area contributed by atoms with Crippen molar-refractivity contribution in [1.29, 1.82) is 0 Å². The van der Waals surface area contributed by atoms with E-state index in [1.54, 1.807) is 0 Å². The van der Waals surface area contributed by atoms with Crippen LogP contribution in [0.4, 0.5) is 49.1 Å². The van der Waals surface area contributed by atoms with Gasteiger partial charge in [-0.2, -0.15) is 26.3 Å². The normalized spacial score (nSPS) is 11.6. The van der Waals surface area contributed by atoms with E-state index in [0.717, 1.165) is 24.3 Å². The second kappa shape index (κ2) is 9.09. The number of nitro benzene ring substituents is 2. The average molecular weight is 480 g/mol. The van der Waals surface area contributed by atoms with Gasteiger partial charge in [-0.15, -0.1) is 0 Å². The van der Waals surface area contributed by atoms with Crippen LogP contribution in [-0.2, 0) is 16.0 Å². The summed E-state index contributed by atoms with van der Waals surface area (Å²) in [6.45, 7) is 0. The molecule has 0 bridgehead atoms. The number of benzene rings is 2. The summed E-state index contributed by atoms with van der Waals surface area (Å²) in [4.78, 5) is 42.6. The highest BCUT2D eigenvalue weighted by molar-refractivity contribution is 5.95. The van der Waals surface area contributed by atoms with Crippen LogP contribution >= 0.6 is 0 Å². The minimum Gasteiger partial charge on any atom is -0.318 e. The number of halogens is 6. The molecule has 2 rings (SSSR count). The predicted molar refractivity (Wildman–Crippen MR) is 98.4 cm³/mol. The van der Waals surface area contributed by atoms with Crippen LogP contribution in [0.15, 0.2) is 36.4 Å². The van der Waals surface area contributed by atoms with Crippen LogP contribution < -0.4 is 10.6 Å². The van der Waals surface area contributed by atoms with Crippen molar-refractivity contribution < 1.29 is 45.8 Å². The molecular formula is C17H10F6N4O6. The number of carbonyl (C=O) groups excluding carboxylic acids is 2. The van der Waals surface area contributed by atoms with Crippen molar-refractivity contribution in [1.82, 2.24) is 0 Å². The lowest BCUT2D eigenvalue weighted by Gasteiger charge is -2.11. The monoisotopic (exact) mass is 480 g/mol. The maximum absolute atomic E-state index is 12.4. The molecule has 0 saturated carbocycles. The van der Waals surface area contributed by atoms with Gasteiger partial charge < -0.3 is 10.6 Å². The number of carbonyl (C=O) groups is 2. The third-order valence-electron chi connectivity index (χ3n) is 3.98. The van der Waals surface area contributed by atoms with E-state index in [1.807, 2.05) is 0 Å². The fourth-order valence-electron chi connectivity index (χ4n) is 2.53. The molecule has 2 amide bonds. The molecule has 0 atom stereocenters. The van der Waals surface area contributed by atoms with E-state index in [4.69, 9.17) is 0 Å². The van der Waals surface area contributed by atoms with E-state index in [2.05, 4.69) is 0 Å². The summed E-state index contributed by atoms with van der Waals surface area (Å²) in [7, 11) is 0. The van der Waals surface area contributed by atoms with Gasteiger partial charge in [-0.05, 0) is 24.3 Å². The Morgan fingerprint density at radius 1 is 0.727 bits per heavy atom. The lowest BCUT2D eigenvalue weighted by Crippen LogP contribution is -2.30. The number of amides is 2. The Labute approximate surface area is 178 Å². The third kappa shape index (κ3) is 6.37. The van der Waals surface area contributed by atoms with Gasteiger partial charge in [-0.1, -0.05) is 0 Å². The predicted octanol–water partition coefficient (Wildman–Crippen LogP) is 4.10. The number of nitrogens with zero attached hydrogens (tertiary/aromatic N) is 2. The van der Waals surface area contributed by atoms with Crippen molar-refractivity contribution in [3.63, 3.8) is 0 Å². The maximum atomic E-state index is 12.4. The van der Waals surface area contributed by atoms with Crippen LogP contribution in [-0.4, -0.2) is 34.0 Å². The molecule has 0 radical (unpaired) electrons. The average Bonchev–Trinajstić information content (AvgIpc) is 2.68. The Morgan fingerprint density at radius 3 is 1.33 bits per heavy atom. The minimum atomic E-state index is -5.25. The molecule has 16 heteroatoms. The van der Waals surface area contributed by atoms with E-state index in [0.29, 0.717) is 12.1 Å². The van der Waals surface area contributed by atoms with Crippen LogP contribution in [0, 0.1) is 20.2 Å². The molecule has 2 N–H and O–H groups in total. The summed E-state index contributed by atoms with van der Waals surface area (Å²) >= 11 is 0. The lowest BCUT2D eigenvalue weighted by molar-refractivity contribution is -0.386. The molecule has 0 aliphatic rings. The van der Waals surface area contributed by atoms with Crippen molar-refractivity contribution in [2.75, 3.05) is 10.6 Å². The van der Waals surface area contributed by atoms with Crippen molar-refractivity contribution in [2.45, 2.75) is 18.8 Å². The second-order valence-corrected chi connectivity index (χ2v) is 6.28. The van der Waals surface area contributed by atoms with E-state index in [9.17, 15) is 56.2 Å². The molecule has 0 fully saturated rings. The molecule has 2 aromatic rings. The number of rotatable bonds is 6. The van der Waals surface area contributed by atoms with Gasteiger partial charge >= 0.3 is 24.2 Å². The van der Waals surface area contributed by atoms with E-state index in [-0.39, 0.29) is 11.1 Å². The fraction of sp³-hybridized carbons (Fsp3) is 0.176. The molecule has 33 heavy (non-hydrogen) atoms. The van der Waals surface area contributed by atoms with E-state index >= 15 is 0 Å².